The van der Waals surface area contributed by atoms with Gasteiger partial charge in [-0.2, -0.15) is 0 Å². The molecule has 0 unspecified atom stereocenters. The Labute approximate surface area is 92.3 Å². The van der Waals surface area contributed by atoms with Crippen LogP contribution in [0.2, 0.25) is 0 Å². The number of hydrogen-bond acceptors (Lipinski definition) is 2. The summed E-state index contributed by atoms with van der Waals surface area (Å²) in [5.41, 5.74) is 0.414. The lowest BCUT2D eigenvalue weighted by Gasteiger charge is -2.49. The molecule has 2 fully saturated rings. The molecule has 2 nitrogen and oxygen atoms in total. The number of terminal acetylenes is 1. The molecule has 0 N–H and O–H groups in total. The van der Waals surface area contributed by atoms with E-state index in [0.29, 0.717) is 17.9 Å². The van der Waals surface area contributed by atoms with Crippen LogP contribution in [-0.4, -0.2) is 19.5 Å². The Morgan fingerprint density at radius 1 is 1.47 bits per heavy atom. The molecular formula is C13H20O2. The second kappa shape index (κ2) is 3.50. The van der Waals surface area contributed by atoms with Crippen LogP contribution in [0.3, 0.4) is 0 Å². The SMILES string of the molecule is C#CCO[C@@H]1OC[C@H]2CC[C@]1(C)C2(C)C. The summed E-state index contributed by atoms with van der Waals surface area (Å²) in [5.74, 6) is 3.19. The summed E-state index contributed by atoms with van der Waals surface area (Å²) in [4.78, 5) is 0. The molecule has 3 atom stereocenters. The second-order valence-corrected chi connectivity index (χ2v) is 5.56. The fourth-order valence-corrected chi connectivity index (χ4v) is 3.08. The van der Waals surface area contributed by atoms with Crippen molar-refractivity contribution < 1.29 is 9.47 Å². The number of ether oxygens (including phenoxy) is 2. The topological polar surface area (TPSA) is 18.5 Å². The lowest BCUT2D eigenvalue weighted by atomic mass is 9.64. The molecule has 1 aliphatic heterocycles. The van der Waals surface area contributed by atoms with Gasteiger partial charge in [0.05, 0.1) is 6.61 Å². The van der Waals surface area contributed by atoms with Crippen molar-refractivity contribution in [3.63, 3.8) is 0 Å². The highest BCUT2D eigenvalue weighted by Crippen LogP contribution is 2.61. The van der Waals surface area contributed by atoms with Gasteiger partial charge in [-0.05, 0) is 24.2 Å². The highest BCUT2D eigenvalue weighted by Gasteiger charge is 2.59. The van der Waals surface area contributed by atoms with Crippen molar-refractivity contribution in [2.24, 2.45) is 16.7 Å². The number of rotatable bonds is 2. The molecule has 2 rings (SSSR count). The maximum Gasteiger partial charge on any atom is 0.164 e. The summed E-state index contributed by atoms with van der Waals surface area (Å²) in [6, 6.07) is 0. The van der Waals surface area contributed by atoms with Crippen molar-refractivity contribution in [3.05, 3.63) is 0 Å². The Morgan fingerprint density at radius 2 is 2.20 bits per heavy atom. The van der Waals surface area contributed by atoms with E-state index < -0.39 is 0 Å². The smallest absolute Gasteiger partial charge is 0.164 e. The third kappa shape index (κ3) is 1.41. The first-order valence-corrected chi connectivity index (χ1v) is 5.69. The van der Waals surface area contributed by atoms with Crippen LogP contribution in [0.1, 0.15) is 33.6 Å². The van der Waals surface area contributed by atoms with Gasteiger partial charge in [-0.3, -0.25) is 0 Å². The maximum atomic E-state index is 5.79. The standard InChI is InChI=1S/C13H20O2/c1-5-8-14-11-13(4)7-6-10(9-15-11)12(13,2)3/h1,10-11H,6-9H2,2-4H3/t10-,11-,13+/m1/s1. The fraction of sp³-hybridized carbons (Fsp3) is 0.846. The van der Waals surface area contributed by atoms with Crippen LogP contribution < -0.4 is 0 Å². The molecule has 2 bridgehead atoms. The fourth-order valence-electron chi connectivity index (χ4n) is 3.08. The van der Waals surface area contributed by atoms with E-state index in [1.54, 1.807) is 0 Å². The van der Waals surface area contributed by atoms with Gasteiger partial charge in [-0.25, -0.2) is 0 Å². The summed E-state index contributed by atoms with van der Waals surface area (Å²) in [6.07, 6.45) is 7.53. The van der Waals surface area contributed by atoms with E-state index in [-0.39, 0.29) is 11.7 Å². The van der Waals surface area contributed by atoms with Gasteiger partial charge in [-0.15, -0.1) is 6.42 Å². The van der Waals surface area contributed by atoms with Gasteiger partial charge in [-0.1, -0.05) is 26.7 Å². The van der Waals surface area contributed by atoms with Gasteiger partial charge in [0.25, 0.3) is 0 Å². The van der Waals surface area contributed by atoms with Crippen molar-refractivity contribution in [1.82, 2.24) is 0 Å². The number of fused-ring (bicyclic) bond motifs is 2. The average molecular weight is 208 g/mol. The molecule has 15 heavy (non-hydrogen) atoms. The summed E-state index contributed by atoms with van der Waals surface area (Å²) in [6.45, 7) is 8.10. The van der Waals surface area contributed by atoms with E-state index in [1.165, 1.54) is 12.8 Å². The Bertz CT molecular complexity index is 289. The lowest BCUT2D eigenvalue weighted by Crippen LogP contribution is -2.51. The van der Waals surface area contributed by atoms with Crippen LogP contribution in [0.15, 0.2) is 0 Å². The molecule has 0 amide bonds. The normalized spacial score (nSPS) is 42.5. The van der Waals surface area contributed by atoms with Crippen molar-refractivity contribution in [3.8, 4) is 12.3 Å². The molecule has 0 aromatic carbocycles. The molecule has 0 aromatic rings. The molecule has 1 aliphatic carbocycles. The van der Waals surface area contributed by atoms with Crippen LogP contribution in [0.4, 0.5) is 0 Å². The Morgan fingerprint density at radius 3 is 2.87 bits per heavy atom. The van der Waals surface area contributed by atoms with Gasteiger partial charge in [0.1, 0.15) is 6.61 Å². The lowest BCUT2D eigenvalue weighted by molar-refractivity contribution is -0.258. The van der Waals surface area contributed by atoms with Crippen molar-refractivity contribution in [1.29, 1.82) is 0 Å². The van der Waals surface area contributed by atoms with E-state index in [4.69, 9.17) is 15.9 Å². The maximum absolute atomic E-state index is 5.79. The predicted molar refractivity (Wildman–Crippen MR) is 59.1 cm³/mol. The van der Waals surface area contributed by atoms with E-state index in [1.807, 2.05) is 0 Å². The van der Waals surface area contributed by atoms with Crippen LogP contribution in [0, 0.1) is 29.1 Å². The van der Waals surface area contributed by atoms with Crippen LogP contribution in [0.5, 0.6) is 0 Å². The molecule has 2 aliphatic rings. The van der Waals surface area contributed by atoms with Crippen LogP contribution in [0.25, 0.3) is 0 Å². The Hall–Kier alpha value is -0.520. The third-order valence-corrected chi connectivity index (χ3v) is 4.79. The third-order valence-electron chi connectivity index (χ3n) is 4.79. The summed E-state index contributed by atoms with van der Waals surface area (Å²) >= 11 is 0. The second-order valence-electron chi connectivity index (χ2n) is 5.56. The van der Waals surface area contributed by atoms with Crippen molar-refractivity contribution in [2.75, 3.05) is 13.2 Å². The minimum Gasteiger partial charge on any atom is -0.352 e. The molecule has 1 saturated carbocycles. The van der Waals surface area contributed by atoms with E-state index in [9.17, 15) is 0 Å². The molecule has 0 radical (unpaired) electrons. The Balaban J connectivity index is 2.19. The predicted octanol–water partition coefficient (Wildman–Crippen LogP) is 2.44. The zero-order valence-corrected chi connectivity index (χ0v) is 9.88. The quantitative estimate of drug-likeness (QED) is 0.649. The zero-order chi connectivity index (χ0) is 11.1. The van der Waals surface area contributed by atoms with Gasteiger partial charge in [0, 0.05) is 5.41 Å². The van der Waals surface area contributed by atoms with Crippen molar-refractivity contribution in [2.45, 2.75) is 39.9 Å². The first-order chi connectivity index (χ1) is 7.02. The summed E-state index contributed by atoms with van der Waals surface area (Å²) < 4.78 is 11.4. The van der Waals surface area contributed by atoms with Crippen LogP contribution >= 0.6 is 0 Å². The molecule has 1 saturated heterocycles. The zero-order valence-electron chi connectivity index (χ0n) is 9.88. The van der Waals surface area contributed by atoms with E-state index >= 15 is 0 Å². The van der Waals surface area contributed by atoms with Gasteiger partial charge in [0.2, 0.25) is 0 Å². The molecule has 1 heterocycles. The molecule has 0 aromatic heterocycles. The monoisotopic (exact) mass is 208 g/mol. The molecule has 2 heteroatoms. The minimum atomic E-state index is -0.123. The minimum absolute atomic E-state index is 0.118. The number of hydrogen-bond donors (Lipinski definition) is 0. The summed E-state index contributed by atoms with van der Waals surface area (Å²) in [5, 5.41) is 0. The first kappa shape index (κ1) is 11.0. The van der Waals surface area contributed by atoms with Gasteiger partial charge < -0.3 is 9.47 Å². The average Bonchev–Trinajstić information content (AvgIpc) is 2.37. The Kier molecular flexibility index (Phi) is 2.56. The van der Waals surface area contributed by atoms with Crippen molar-refractivity contribution >= 4 is 0 Å². The largest absolute Gasteiger partial charge is 0.352 e. The highest BCUT2D eigenvalue weighted by atomic mass is 16.7. The van der Waals surface area contributed by atoms with Crippen LogP contribution in [-0.2, 0) is 9.47 Å². The summed E-state index contributed by atoms with van der Waals surface area (Å²) in [7, 11) is 0. The molecule has 84 valence electrons. The van der Waals surface area contributed by atoms with Gasteiger partial charge >= 0.3 is 0 Å². The van der Waals surface area contributed by atoms with E-state index in [0.717, 1.165) is 6.61 Å². The highest BCUT2D eigenvalue weighted by molar-refractivity contribution is 5.05. The molecule has 0 spiro atoms. The first-order valence-electron chi connectivity index (χ1n) is 5.69. The molecular weight excluding hydrogens is 188 g/mol. The van der Waals surface area contributed by atoms with Gasteiger partial charge in [0.15, 0.2) is 6.29 Å². The van der Waals surface area contributed by atoms with E-state index in [2.05, 4.69) is 26.7 Å².